The van der Waals surface area contributed by atoms with Gasteiger partial charge in [0.25, 0.3) is 11.2 Å². The van der Waals surface area contributed by atoms with Crippen LogP contribution in [0.5, 0.6) is 11.5 Å². The number of ether oxygens (including phenoxy) is 2. The second-order valence-electron chi connectivity index (χ2n) is 8.40. The summed E-state index contributed by atoms with van der Waals surface area (Å²) in [5.74, 6) is 1.49. The number of methoxy groups -OCH3 is 1. The summed E-state index contributed by atoms with van der Waals surface area (Å²) in [6.45, 7) is 4.04. The fourth-order valence-electron chi connectivity index (χ4n) is 3.65. The number of aromatic nitrogens is 2. The van der Waals surface area contributed by atoms with Gasteiger partial charge in [-0.2, -0.15) is 9.78 Å². The molecule has 0 N–H and O–H groups in total. The number of halogens is 2. The Morgan fingerprint density at radius 2 is 2.00 bits per heavy atom. The Bertz CT molecular complexity index is 1590. The summed E-state index contributed by atoms with van der Waals surface area (Å²) in [6, 6.07) is 15.3. The molecule has 4 aromatic rings. The van der Waals surface area contributed by atoms with Gasteiger partial charge in [-0.25, -0.2) is 4.98 Å². The van der Waals surface area contributed by atoms with Crippen LogP contribution >= 0.6 is 38.5 Å². The third-order valence-electron chi connectivity index (χ3n) is 5.43. The zero-order chi connectivity index (χ0) is 26.7. The molecule has 0 spiro atoms. The van der Waals surface area contributed by atoms with Gasteiger partial charge in [0.1, 0.15) is 12.4 Å². The zero-order valence-corrected chi connectivity index (χ0v) is 23.9. The van der Waals surface area contributed by atoms with Crippen molar-refractivity contribution in [2.45, 2.75) is 26.4 Å². The van der Waals surface area contributed by atoms with E-state index in [0.717, 1.165) is 8.04 Å². The van der Waals surface area contributed by atoms with Crippen LogP contribution in [0.2, 0.25) is 0 Å². The lowest BCUT2D eigenvalue weighted by Gasteiger charge is -2.14. The lowest BCUT2D eigenvalue weighted by molar-refractivity contribution is -0.384. The summed E-state index contributed by atoms with van der Waals surface area (Å²) in [4.78, 5) is 28.5. The molecule has 1 aromatic heterocycles. The maximum absolute atomic E-state index is 13.3. The minimum atomic E-state index is -0.443. The molecule has 3 aromatic carbocycles. The first-order valence-electron chi connectivity index (χ1n) is 11.2. The van der Waals surface area contributed by atoms with Crippen molar-refractivity contribution in [1.29, 1.82) is 0 Å². The first-order valence-corrected chi connectivity index (χ1v) is 13.1. The lowest BCUT2D eigenvalue weighted by Crippen LogP contribution is -2.23. The van der Waals surface area contributed by atoms with Gasteiger partial charge in [-0.15, -0.1) is 0 Å². The number of benzene rings is 3. The van der Waals surface area contributed by atoms with Gasteiger partial charge in [-0.1, -0.05) is 41.9 Å². The summed E-state index contributed by atoms with van der Waals surface area (Å²) in [5, 5.41) is 16.0. The molecule has 0 aliphatic heterocycles. The molecule has 190 valence electrons. The Balaban J connectivity index is 1.66. The molecule has 0 aliphatic carbocycles. The Kier molecular flexibility index (Phi) is 8.22. The molecule has 0 unspecified atom stereocenters. The molecule has 0 aliphatic rings. The molecule has 0 bridgehead atoms. The highest BCUT2D eigenvalue weighted by Crippen LogP contribution is 2.34. The number of nitrogens with zero attached hydrogens (tertiary/aromatic N) is 4. The molecule has 0 fully saturated rings. The maximum atomic E-state index is 13.3. The van der Waals surface area contributed by atoms with Crippen LogP contribution in [0.3, 0.4) is 0 Å². The summed E-state index contributed by atoms with van der Waals surface area (Å²) in [5.41, 5.74) is 1.71. The molecular weight excluding hydrogens is 655 g/mol. The van der Waals surface area contributed by atoms with Crippen LogP contribution in [0.15, 0.2) is 69.0 Å². The molecule has 9 nitrogen and oxygen atoms in total. The second-order valence-corrected chi connectivity index (χ2v) is 10.5. The van der Waals surface area contributed by atoms with Gasteiger partial charge in [-0.3, -0.25) is 14.9 Å². The highest BCUT2D eigenvalue weighted by molar-refractivity contribution is 14.1. The van der Waals surface area contributed by atoms with Crippen molar-refractivity contribution in [3.05, 3.63) is 100 Å². The Morgan fingerprint density at radius 1 is 1.22 bits per heavy atom. The molecular formula is C26H22BrIN4O5. The van der Waals surface area contributed by atoms with Gasteiger partial charge in [0, 0.05) is 22.5 Å². The number of nitro benzene ring substituents is 1. The van der Waals surface area contributed by atoms with E-state index in [1.807, 2.05) is 26.0 Å². The third-order valence-corrected chi connectivity index (χ3v) is 6.72. The van der Waals surface area contributed by atoms with E-state index < -0.39 is 4.92 Å². The summed E-state index contributed by atoms with van der Waals surface area (Å²) in [6.07, 6.45) is 1.58. The van der Waals surface area contributed by atoms with Crippen LogP contribution in [0, 0.1) is 13.7 Å². The van der Waals surface area contributed by atoms with Gasteiger partial charge in [-0.05, 0) is 64.0 Å². The number of hydrogen-bond donors (Lipinski definition) is 0. The highest BCUT2D eigenvalue weighted by atomic mass is 127. The molecule has 1 heterocycles. The monoisotopic (exact) mass is 676 g/mol. The summed E-state index contributed by atoms with van der Waals surface area (Å²) in [7, 11) is 1.53. The van der Waals surface area contributed by atoms with Gasteiger partial charge in [0.2, 0.25) is 0 Å². The Labute approximate surface area is 234 Å². The predicted octanol–water partition coefficient (Wildman–Crippen LogP) is 6.27. The largest absolute Gasteiger partial charge is 0.493 e. The fraction of sp³-hybridized carbons (Fsp3) is 0.192. The van der Waals surface area contributed by atoms with E-state index in [9.17, 15) is 14.9 Å². The van der Waals surface area contributed by atoms with Crippen LogP contribution < -0.4 is 15.0 Å². The van der Waals surface area contributed by atoms with E-state index >= 15 is 0 Å². The maximum Gasteiger partial charge on any atom is 0.282 e. The Hall–Kier alpha value is -3.32. The topological polar surface area (TPSA) is 109 Å². The van der Waals surface area contributed by atoms with E-state index in [1.54, 1.807) is 36.5 Å². The highest BCUT2D eigenvalue weighted by Gasteiger charge is 2.15. The third kappa shape index (κ3) is 5.99. The average Bonchev–Trinajstić information content (AvgIpc) is 2.87. The first-order chi connectivity index (χ1) is 17.7. The normalized spacial score (nSPS) is 11.4. The van der Waals surface area contributed by atoms with Crippen molar-refractivity contribution in [2.75, 3.05) is 7.11 Å². The van der Waals surface area contributed by atoms with Crippen LogP contribution in [0.1, 0.15) is 36.7 Å². The van der Waals surface area contributed by atoms with Gasteiger partial charge in [0.15, 0.2) is 11.5 Å². The van der Waals surface area contributed by atoms with Gasteiger partial charge < -0.3 is 9.47 Å². The molecule has 0 saturated carbocycles. The van der Waals surface area contributed by atoms with Crippen LogP contribution in [0.4, 0.5) is 5.69 Å². The number of nitro groups is 1. The van der Waals surface area contributed by atoms with Crippen molar-refractivity contribution in [3.63, 3.8) is 0 Å². The van der Waals surface area contributed by atoms with Gasteiger partial charge >= 0.3 is 0 Å². The number of fused-ring (bicyclic) bond motifs is 1. The van der Waals surface area contributed by atoms with Crippen molar-refractivity contribution >= 4 is 61.3 Å². The number of hydrogen-bond acceptors (Lipinski definition) is 7. The van der Waals surface area contributed by atoms with Gasteiger partial charge in [0.05, 0.1) is 32.7 Å². The van der Waals surface area contributed by atoms with Crippen molar-refractivity contribution in [2.24, 2.45) is 5.10 Å². The second kappa shape index (κ2) is 11.4. The predicted molar refractivity (Wildman–Crippen MR) is 154 cm³/mol. The van der Waals surface area contributed by atoms with Crippen molar-refractivity contribution in [3.8, 4) is 11.5 Å². The molecule has 0 saturated heterocycles. The van der Waals surface area contributed by atoms with E-state index in [0.29, 0.717) is 39.4 Å². The minimum Gasteiger partial charge on any atom is -0.493 e. The summed E-state index contributed by atoms with van der Waals surface area (Å²) < 4.78 is 14.4. The molecule has 4 rings (SSSR count). The fourth-order valence-corrected chi connectivity index (χ4v) is 4.79. The van der Waals surface area contributed by atoms with Crippen molar-refractivity contribution in [1.82, 2.24) is 9.66 Å². The molecule has 11 heteroatoms. The molecule has 0 amide bonds. The lowest BCUT2D eigenvalue weighted by atomic mass is 10.2. The van der Waals surface area contributed by atoms with E-state index in [2.05, 4.69) is 48.6 Å². The number of rotatable bonds is 8. The standard InChI is InChI=1S/C26H22BrIN4O5/c1-15(2)25-30-22-8-7-18(27)12-20(22)26(33)31(25)29-13-17-10-21(28)24(23(11-17)36-3)37-14-16-5-4-6-19(9-16)32(34)35/h4-13,15H,14H2,1-3H3. The molecule has 0 atom stereocenters. The zero-order valence-electron chi connectivity index (χ0n) is 20.1. The van der Waals surface area contributed by atoms with Crippen LogP contribution in [-0.4, -0.2) is 27.9 Å². The van der Waals surface area contributed by atoms with E-state index in [1.165, 1.54) is 23.9 Å². The SMILES string of the molecule is COc1cc(C=Nn2c(C(C)C)nc3ccc(Br)cc3c2=O)cc(I)c1OCc1cccc([N+](=O)[O-])c1. The first kappa shape index (κ1) is 26.7. The smallest absolute Gasteiger partial charge is 0.282 e. The summed E-state index contributed by atoms with van der Waals surface area (Å²) >= 11 is 5.54. The quantitative estimate of drug-likeness (QED) is 0.0943. The van der Waals surface area contributed by atoms with E-state index in [-0.39, 0.29) is 23.8 Å². The van der Waals surface area contributed by atoms with Crippen LogP contribution in [-0.2, 0) is 6.61 Å². The molecule has 0 radical (unpaired) electrons. The minimum absolute atomic E-state index is 0.000805. The van der Waals surface area contributed by atoms with E-state index in [4.69, 9.17) is 9.47 Å². The number of non-ortho nitro benzene ring substituents is 1. The Morgan fingerprint density at radius 3 is 2.70 bits per heavy atom. The average molecular weight is 677 g/mol. The van der Waals surface area contributed by atoms with Crippen LogP contribution in [0.25, 0.3) is 10.9 Å². The van der Waals surface area contributed by atoms with Crippen molar-refractivity contribution < 1.29 is 14.4 Å². The molecule has 37 heavy (non-hydrogen) atoms.